The molecule has 0 bridgehead atoms. The third-order valence-electron chi connectivity index (χ3n) is 5.97. The Morgan fingerprint density at radius 1 is 1.00 bits per heavy atom. The van der Waals surface area contributed by atoms with Gasteiger partial charge < -0.3 is 4.74 Å². The molecule has 0 radical (unpaired) electrons. The minimum absolute atomic E-state index is 0.0279. The molecule has 1 aliphatic carbocycles. The third-order valence-corrected chi connectivity index (χ3v) is 5.97. The molecular weight excluding hydrogens is 372 g/mol. The summed E-state index contributed by atoms with van der Waals surface area (Å²) in [7, 11) is 0. The summed E-state index contributed by atoms with van der Waals surface area (Å²) in [5, 5.41) is 0. The number of hydrogen-bond donors (Lipinski definition) is 0. The number of hydrogen-bond acceptors (Lipinski definition) is 3. The normalized spacial score (nSPS) is 19.2. The number of ether oxygens (including phenoxy) is 1. The molecule has 0 N–H and O–H groups in total. The largest absolute Gasteiger partial charge is 0.455 e. The van der Waals surface area contributed by atoms with Gasteiger partial charge in [0.1, 0.15) is 0 Å². The van der Waals surface area contributed by atoms with Crippen LogP contribution in [0.15, 0.2) is 48.6 Å². The van der Waals surface area contributed by atoms with E-state index in [1.54, 1.807) is 6.92 Å². The van der Waals surface area contributed by atoms with Crippen LogP contribution in [0.5, 0.6) is 0 Å². The van der Waals surface area contributed by atoms with E-state index in [1.165, 1.54) is 25.7 Å². The predicted molar refractivity (Wildman–Crippen MR) is 124 cm³/mol. The number of carbonyl (C=O) groups excluding carboxylic acids is 2. The maximum atomic E-state index is 13.4. The first kappa shape index (κ1) is 24.1. The van der Waals surface area contributed by atoms with E-state index in [4.69, 9.17) is 4.74 Å². The molecule has 0 heterocycles. The van der Waals surface area contributed by atoms with Gasteiger partial charge >= 0.3 is 5.97 Å². The molecule has 3 heteroatoms. The fourth-order valence-electron chi connectivity index (χ4n) is 4.15. The first-order chi connectivity index (χ1) is 14.5. The highest BCUT2D eigenvalue weighted by Crippen LogP contribution is 2.40. The van der Waals surface area contributed by atoms with Crippen molar-refractivity contribution in [3.05, 3.63) is 54.1 Å². The van der Waals surface area contributed by atoms with Crippen LogP contribution in [0.3, 0.4) is 0 Å². The minimum Gasteiger partial charge on any atom is -0.455 e. The van der Waals surface area contributed by atoms with E-state index in [0.29, 0.717) is 12.8 Å². The van der Waals surface area contributed by atoms with Crippen LogP contribution < -0.4 is 0 Å². The number of carbonyl (C=O) groups is 2. The second-order valence-electron chi connectivity index (χ2n) is 8.48. The van der Waals surface area contributed by atoms with Gasteiger partial charge in [0.15, 0.2) is 11.9 Å². The molecule has 0 fully saturated rings. The van der Waals surface area contributed by atoms with Gasteiger partial charge in [-0.05, 0) is 37.3 Å². The summed E-state index contributed by atoms with van der Waals surface area (Å²) in [6.07, 6.45) is 15.3. The maximum absolute atomic E-state index is 13.4. The van der Waals surface area contributed by atoms with Crippen LogP contribution in [0.25, 0.3) is 5.57 Å². The third kappa shape index (κ3) is 6.97. The molecule has 3 nitrogen and oxygen atoms in total. The summed E-state index contributed by atoms with van der Waals surface area (Å²) in [6, 6.07) is 10.3. The highest BCUT2D eigenvalue weighted by molar-refractivity contribution is 5.93. The molecule has 1 aromatic carbocycles. The highest BCUT2D eigenvalue weighted by Gasteiger charge is 2.39. The molecule has 1 aromatic rings. The SMILES string of the molecule is CCCCCCCCC1(C(=O)C(C)OC(=O)CCC)C=CC(c2ccccc2)=CC1. The van der Waals surface area contributed by atoms with E-state index < -0.39 is 11.5 Å². The van der Waals surface area contributed by atoms with Gasteiger partial charge in [0.05, 0.1) is 5.41 Å². The Hall–Kier alpha value is -2.16. The Bertz CT molecular complexity index is 732. The number of unbranched alkanes of at least 4 members (excludes halogenated alkanes) is 5. The first-order valence-corrected chi connectivity index (χ1v) is 11.7. The zero-order valence-electron chi connectivity index (χ0n) is 19.0. The Kier molecular flexibility index (Phi) is 10.1. The molecule has 0 saturated heterocycles. The van der Waals surface area contributed by atoms with Crippen molar-refractivity contribution in [2.75, 3.05) is 0 Å². The number of rotatable bonds is 13. The van der Waals surface area contributed by atoms with Gasteiger partial charge in [-0.1, -0.05) is 101 Å². The lowest BCUT2D eigenvalue weighted by Crippen LogP contribution is -2.39. The van der Waals surface area contributed by atoms with Crippen molar-refractivity contribution in [2.24, 2.45) is 5.41 Å². The molecule has 0 saturated carbocycles. The molecule has 1 aliphatic rings. The second-order valence-corrected chi connectivity index (χ2v) is 8.48. The van der Waals surface area contributed by atoms with E-state index in [1.807, 2.05) is 25.1 Å². The van der Waals surface area contributed by atoms with E-state index in [9.17, 15) is 9.59 Å². The Morgan fingerprint density at radius 2 is 1.70 bits per heavy atom. The van der Waals surface area contributed by atoms with Crippen LogP contribution >= 0.6 is 0 Å². The lowest BCUT2D eigenvalue weighted by Gasteiger charge is -2.33. The zero-order valence-corrected chi connectivity index (χ0v) is 19.0. The average molecular weight is 411 g/mol. The van der Waals surface area contributed by atoms with Gasteiger partial charge in [-0.15, -0.1) is 0 Å². The average Bonchev–Trinajstić information content (AvgIpc) is 2.76. The van der Waals surface area contributed by atoms with Gasteiger partial charge in [-0.2, -0.15) is 0 Å². The number of allylic oxidation sites excluding steroid dienone is 4. The molecular formula is C27H38O3. The van der Waals surface area contributed by atoms with Crippen molar-refractivity contribution in [3.63, 3.8) is 0 Å². The van der Waals surface area contributed by atoms with Crippen LogP contribution in [0.4, 0.5) is 0 Å². The maximum Gasteiger partial charge on any atom is 0.306 e. The van der Waals surface area contributed by atoms with Crippen LogP contribution in [0, 0.1) is 5.41 Å². The van der Waals surface area contributed by atoms with Gasteiger partial charge in [0.2, 0.25) is 0 Å². The molecule has 0 spiro atoms. The summed E-state index contributed by atoms with van der Waals surface area (Å²) < 4.78 is 5.46. The fraction of sp³-hybridized carbons (Fsp3) is 0.556. The summed E-state index contributed by atoms with van der Waals surface area (Å²) in [5.41, 5.74) is 1.74. The van der Waals surface area contributed by atoms with E-state index in [2.05, 4.69) is 37.3 Å². The predicted octanol–water partition coefficient (Wildman–Crippen LogP) is 7.07. The van der Waals surface area contributed by atoms with Crippen molar-refractivity contribution >= 4 is 17.3 Å². The molecule has 164 valence electrons. The first-order valence-electron chi connectivity index (χ1n) is 11.7. The topological polar surface area (TPSA) is 43.4 Å². The number of Topliss-reactive ketones (excluding diaryl/α,β-unsaturated/α-hetero) is 1. The lowest BCUT2D eigenvalue weighted by atomic mass is 9.71. The van der Waals surface area contributed by atoms with Crippen molar-refractivity contribution < 1.29 is 14.3 Å². The van der Waals surface area contributed by atoms with E-state index in [-0.39, 0.29) is 11.8 Å². The minimum atomic E-state index is -0.708. The standard InChI is InChI=1S/C27H38O3/c1-4-6-7-8-9-13-19-27(26(29)22(3)30-25(28)14-5-2)20-17-24(18-21-27)23-15-11-10-12-16-23/h10-12,15-18,20,22H,4-9,13-14,19,21H2,1-3H3. The summed E-state index contributed by atoms with van der Waals surface area (Å²) in [5.74, 6) is -0.256. The highest BCUT2D eigenvalue weighted by atomic mass is 16.5. The Balaban J connectivity index is 2.09. The van der Waals surface area contributed by atoms with Gasteiger partial charge in [-0.25, -0.2) is 0 Å². The van der Waals surface area contributed by atoms with E-state index >= 15 is 0 Å². The smallest absolute Gasteiger partial charge is 0.306 e. The van der Waals surface area contributed by atoms with Crippen molar-refractivity contribution in [3.8, 4) is 0 Å². The molecule has 30 heavy (non-hydrogen) atoms. The zero-order chi connectivity index (χ0) is 21.8. The monoisotopic (exact) mass is 410 g/mol. The van der Waals surface area contributed by atoms with Crippen molar-refractivity contribution in [1.82, 2.24) is 0 Å². The Labute approximate surface area is 182 Å². The molecule has 0 aromatic heterocycles. The summed E-state index contributed by atoms with van der Waals surface area (Å²) in [4.78, 5) is 25.3. The number of benzene rings is 1. The van der Waals surface area contributed by atoms with Crippen LogP contribution in [-0.2, 0) is 14.3 Å². The Morgan fingerprint density at radius 3 is 2.33 bits per heavy atom. The fourth-order valence-corrected chi connectivity index (χ4v) is 4.15. The lowest BCUT2D eigenvalue weighted by molar-refractivity contribution is -0.157. The molecule has 2 atom stereocenters. The van der Waals surface area contributed by atoms with Crippen LogP contribution in [0.1, 0.15) is 90.5 Å². The van der Waals surface area contributed by atoms with Crippen molar-refractivity contribution in [2.45, 2.75) is 91.1 Å². The molecule has 2 unspecified atom stereocenters. The quantitative estimate of drug-likeness (QED) is 0.258. The molecule has 0 amide bonds. The summed E-state index contributed by atoms with van der Waals surface area (Å²) >= 11 is 0. The van der Waals surface area contributed by atoms with Crippen molar-refractivity contribution in [1.29, 1.82) is 0 Å². The second kappa shape index (κ2) is 12.5. The molecule has 0 aliphatic heterocycles. The van der Waals surface area contributed by atoms with Gasteiger partial charge in [0.25, 0.3) is 0 Å². The number of esters is 1. The van der Waals surface area contributed by atoms with Gasteiger partial charge in [-0.3, -0.25) is 9.59 Å². The van der Waals surface area contributed by atoms with Gasteiger partial charge in [0, 0.05) is 6.42 Å². The van der Waals surface area contributed by atoms with Crippen LogP contribution in [0.2, 0.25) is 0 Å². The van der Waals surface area contributed by atoms with E-state index in [0.717, 1.165) is 36.8 Å². The van der Waals surface area contributed by atoms with Crippen LogP contribution in [-0.4, -0.2) is 17.9 Å². The molecule has 2 rings (SSSR count). The number of ketones is 1. The summed E-state index contributed by atoms with van der Waals surface area (Å²) in [6.45, 7) is 5.88.